The molecular formula is C16H13FN4. The molecule has 1 N–H and O–H groups in total. The second kappa shape index (κ2) is 6.09. The van der Waals surface area contributed by atoms with E-state index in [0.29, 0.717) is 23.6 Å². The lowest BCUT2D eigenvalue weighted by Gasteiger charge is -2.10. The Bertz CT molecular complexity index is 731. The topological polar surface area (TPSA) is 50.7 Å². The van der Waals surface area contributed by atoms with Crippen LogP contribution in [0, 0.1) is 5.82 Å². The molecule has 4 nitrogen and oxygen atoms in total. The first-order chi connectivity index (χ1) is 10.3. The Balaban J connectivity index is 1.86. The van der Waals surface area contributed by atoms with Crippen molar-refractivity contribution in [1.82, 2.24) is 15.0 Å². The van der Waals surface area contributed by atoms with Gasteiger partial charge >= 0.3 is 0 Å². The highest BCUT2D eigenvalue weighted by Crippen LogP contribution is 2.24. The highest BCUT2D eigenvalue weighted by atomic mass is 19.1. The number of aromatic nitrogens is 3. The summed E-state index contributed by atoms with van der Waals surface area (Å²) in [4.78, 5) is 12.6. The number of nitrogens with one attached hydrogen (secondary N) is 1. The van der Waals surface area contributed by atoms with Gasteiger partial charge in [-0.3, -0.25) is 9.97 Å². The predicted molar refractivity (Wildman–Crippen MR) is 79.0 cm³/mol. The molecule has 104 valence electrons. The van der Waals surface area contributed by atoms with Crippen LogP contribution in [0.15, 0.2) is 61.2 Å². The Labute approximate surface area is 121 Å². The molecule has 3 rings (SSSR count). The van der Waals surface area contributed by atoms with Crippen molar-refractivity contribution in [2.45, 2.75) is 6.54 Å². The minimum Gasteiger partial charge on any atom is -0.364 e. The van der Waals surface area contributed by atoms with Crippen LogP contribution < -0.4 is 5.32 Å². The van der Waals surface area contributed by atoms with Crippen molar-refractivity contribution in [2.24, 2.45) is 0 Å². The summed E-state index contributed by atoms with van der Waals surface area (Å²) in [5.41, 5.74) is 2.35. The van der Waals surface area contributed by atoms with Gasteiger partial charge in [-0.2, -0.15) is 0 Å². The lowest BCUT2D eigenvalue weighted by atomic mass is 10.1. The molecule has 0 aliphatic rings. The maximum atomic E-state index is 13.4. The van der Waals surface area contributed by atoms with Gasteiger partial charge in [-0.05, 0) is 23.8 Å². The Kier molecular flexibility index (Phi) is 3.82. The van der Waals surface area contributed by atoms with Gasteiger partial charge in [0, 0.05) is 36.9 Å². The van der Waals surface area contributed by atoms with E-state index in [2.05, 4.69) is 20.3 Å². The number of anilines is 1. The third kappa shape index (κ3) is 3.20. The average molecular weight is 280 g/mol. The normalized spacial score (nSPS) is 10.3. The fourth-order valence-electron chi connectivity index (χ4n) is 2.00. The third-order valence-corrected chi connectivity index (χ3v) is 2.98. The van der Waals surface area contributed by atoms with Crippen molar-refractivity contribution in [3.63, 3.8) is 0 Å². The van der Waals surface area contributed by atoms with E-state index in [1.807, 2.05) is 18.2 Å². The summed E-state index contributed by atoms with van der Waals surface area (Å²) in [6.45, 7) is 0.578. The third-order valence-electron chi connectivity index (χ3n) is 2.98. The molecular weight excluding hydrogens is 267 g/mol. The molecule has 0 radical (unpaired) electrons. The van der Waals surface area contributed by atoms with Crippen LogP contribution in [0.2, 0.25) is 0 Å². The van der Waals surface area contributed by atoms with Gasteiger partial charge < -0.3 is 5.32 Å². The largest absolute Gasteiger partial charge is 0.364 e. The number of hydrogen-bond acceptors (Lipinski definition) is 4. The average Bonchev–Trinajstić information content (AvgIpc) is 2.54. The fourth-order valence-corrected chi connectivity index (χ4v) is 2.00. The molecule has 0 aliphatic carbocycles. The van der Waals surface area contributed by atoms with E-state index in [4.69, 9.17) is 0 Å². The molecule has 5 heteroatoms. The van der Waals surface area contributed by atoms with Crippen LogP contribution in [0.1, 0.15) is 5.56 Å². The van der Waals surface area contributed by atoms with E-state index in [1.165, 1.54) is 12.1 Å². The summed E-state index contributed by atoms with van der Waals surface area (Å²) in [7, 11) is 0. The molecule has 0 bridgehead atoms. The van der Waals surface area contributed by atoms with Crippen molar-refractivity contribution in [3.05, 3.63) is 72.6 Å². The van der Waals surface area contributed by atoms with Gasteiger partial charge in [0.1, 0.15) is 11.5 Å². The molecule has 0 fully saturated rings. The van der Waals surface area contributed by atoms with Gasteiger partial charge in [0.15, 0.2) is 5.82 Å². The Morgan fingerprint density at radius 1 is 1.00 bits per heavy atom. The monoisotopic (exact) mass is 280 g/mol. The van der Waals surface area contributed by atoms with Crippen molar-refractivity contribution in [2.75, 3.05) is 5.32 Å². The van der Waals surface area contributed by atoms with E-state index in [-0.39, 0.29) is 5.82 Å². The minimum atomic E-state index is -0.295. The Morgan fingerprint density at radius 2 is 1.90 bits per heavy atom. The summed E-state index contributed by atoms with van der Waals surface area (Å²) in [6.07, 6.45) is 6.71. The number of hydrogen-bond donors (Lipinski definition) is 1. The molecule has 0 atom stereocenters. The zero-order valence-corrected chi connectivity index (χ0v) is 11.2. The number of pyridine rings is 1. The van der Waals surface area contributed by atoms with E-state index in [9.17, 15) is 4.39 Å². The zero-order valence-electron chi connectivity index (χ0n) is 11.2. The van der Waals surface area contributed by atoms with Gasteiger partial charge in [0.05, 0.1) is 0 Å². The highest BCUT2D eigenvalue weighted by molar-refractivity contribution is 5.70. The van der Waals surface area contributed by atoms with Gasteiger partial charge in [-0.25, -0.2) is 9.37 Å². The Hall–Kier alpha value is -2.82. The van der Waals surface area contributed by atoms with Crippen molar-refractivity contribution in [3.8, 4) is 11.3 Å². The maximum absolute atomic E-state index is 13.4. The Morgan fingerprint density at radius 3 is 2.71 bits per heavy atom. The first-order valence-electron chi connectivity index (χ1n) is 6.52. The van der Waals surface area contributed by atoms with Crippen LogP contribution in [0.4, 0.5) is 10.2 Å². The summed E-state index contributed by atoms with van der Waals surface area (Å²) in [5.74, 6) is 0.323. The molecule has 0 unspecified atom stereocenters. The van der Waals surface area contributed by atoms with E-state index < -0.39 is 0 Å². The molecule has 2 aromatic heterocycles. The maximum Gasteiger partial charge on any atom is 0.152 e. The first-order valence-corrected chi connectivity index (χ1v) is 6.52. The second-order valence-corrected chi connectivity index (χ2v) is 4.48. The van der Waals surface area contributed by atoms with Crippen LogP contribution in [0.3, 0.4) is 0 Å². The van der Waals surface area contributed by atoms with E-state index in [1.54, 1.807) is 30.9 Å². The summed E-state index contributed by atoms with van der Waals surface area (Å²) in [6, 6.07) is 10.2. The van der Waals surface area contributed by atoms with E-state index >= 15 is 0 Å². The quantitative estimate of drug-likeness (QED) is 0.796. The summed E-state index contributed by atoms with van der Waals surface area (Å²) < 4.78 is 13.4. The molecule has 0 aliphatic heterocycles. The highest BCUT2D eigenvalue weighted by Gasteiger charge is 2.08. The van der Waals surface area contributed by atoms with Gasteiger partial charge in [0.25, 0.3) is 0 Å². The van der Waals surface area contributed by atoms with Crippen LogP contribution in [-0.4, -0.2) is 15.0 Å². The predicted octanol–water partition coefficient (Wildman–Crippen LogP) is 3.29. The molecule has 1 aromatic carbocycles. The zero-order chi connectivity index (χ0) is 14.5. The van der Waals surface area contributed by atoms with Gasteiger partial charge in [0.2, 0.25) is 0 Å². The van der Waals surface area contributed by atoms with Crippen molar-refractivity contribution >= 4 is 5.82 Å². The minimum absolute atomic E-state index is 0.295. The summed E-state index contributed by atoms with van der Waals surface area (Å²) in [5, 5.41) is 3.21. The number of benzene rings is 1. The van der Waals surface area contributed by atoms with Crippen molar-refractivity contribution < 1.29 is 4.39 Å². The second-order valence-electron chi connectivity index (χ2n) is 4.48. The fraction of sp³-hybridized carbons (Fsp3) is 0.0625. The van der Waals surface area contributed by atoms with Crippen LogP contribution >= 0.6 is 0 Å². The number of rotatable bonds is 4. The molecule has 0 spiro atoms. The standard InChI is InChI=1S/C16H13FN4/c17-14-5-1-4-13(9-14)15-16(20-8-7-19-15)21-11-12-3-2-6-18-10-12/h1-10H,11H2,(H,20,21). The smallest absolute Gasteiger partial charge is 0.152 e. The molecule has 3 aromatic rings. The molecule has 2 heterocycles. The molecule has 21 heavy (non-hydrogen) atoms. The van der Waals surface area contributed by atoms with Gasteiger partial charge in [-0.15, -0.1) is 0 Å². The van der Waals surface area contributed by atoms with E-state index in [0.717, 1.165) is 5.56 Å². The molecule has 0 saturated carbocycles. The lowest BCUT2D eigenvalue weighted by Crippen LogP contribution is -2.04. The number of halogens is 1. The van der Waals surface area contributed by atoms with Crippen molar-refractivity contribution in [1.29, 1.82) is 0 Å². The van der Waals surface area contributed by atoms with Gasteiger partial charge in [-0.1, -0.05) is 18.2 Å². The van der Waals surface area contributed by atoms with Crippen LogP contribution in [0.5, 0.6) is 0 Å². The van der Waals surface area contributed by atoms with Crippen LogP contribution in [-0.2, 0) is 6.54 Å². The SMILES string of the molecule is Fc1cccc(-c2nccnc2NCc2cccnc2)c1. The number of nitrogens with zero attached hydrogens (tertiary/aromatic N) is 3. The first kappa shape index (κ1) is 13.2. The molecule has 0 saturated heterocycles. The van der Waals surface area contributed by atoms with Crippen LogP contribution in [0.25, 0.3) is 11.3 Å². The molecule has 0 amide bonds. The summed E-state index contributed by atoms with van der Waals surface area (Å²) >= 11 is 0. The lowest BCUT2D eigenvalue weighted by molar-refractivity contribution is 0.628.